The van der Waals surface area contributed by atoms with E-state index >= 15 is 0 Å². The van der Waals surface area contributed by atoms with Crippen molar-refractivity contribution in [3.8, 4) is 0 Å². The van der Waals surface area contributed by atoms with Gasteiger partial charge in [-0.15, -0.1) is 0 Å². The van der Waals surface area contributed by atoms with Crippen molar-refractivity contribution in [2.75, 3.05) is 0 Å². The zero-order valence-corrected chi connectivity index (χ0v) is 7.22. The van der Waals surface area contributed by atoms with Crippen molar-refractivity contribution in [1.82, 2.24) is 0 Å². The van der Waals surface area contributed by atoms with Gasteiger partial charge in [0.1, 0.15) is 6.29 Å². The fourth-order valence-electron chi connectivity index (χ4n) is 0.644. The summed E-state index contributed by atoms with van der Waals surface area (Å²) in [4.78, 5) is 10.5. The van der Waals surface area contributed by atoms with E-state index in [1.54, 1.807) is 0 Å². The summed E-state index contributed by atoms with van der Waals surface area (Å²) in [6, 6.07) is 0. The van der Waals surface area contributed by atoms with Crippen LogP contribution in [0.5, 0.6) is 0 Å². The lowest BCUT2D eigenvalue weighted by atomic mass is 9.81. The van der Waals surface area contributed by atoms with Crippen LogP contribution in [0.4, 0.5) is 0 Å². The lowest BCUT2D eigenvalue weighted by molar-refractivity contribution is -0.116. The normalized spacial score (nSPS) is 15.6. The fourth-order valence-corrected chi connectivity index (χ4v) is 0.644. The molecule has 0 aliphatic heterocycles. The molecule has 0 aliphatic rings. The maximum Gasteiger partial charge on any atom is 0.126 e. The van der Waals surface area contributed by atoms with Gasteiger partial charge >= 0.3 is 0 Å². The first kappa shape index (κ1) is 9.41. The van der Waals surface area contributed by atoms with Crippen molar-refractivity contribution in [2.24, 2.45) is 11.3 Å². The van der Waals surface area contributed by atoms with Gasteiger partial charge in [0.05, 0.1) is 0 Å². The third-order valence-corrected chi connectivity index (χ3v) is 1.96. The number of aldehydes is 1. The van der Waals surface area contributed by atoms with Crippen molar-refractivity contribution in [1.29, 1.82) is 0 Å². The van der Waals surface area contributed by atoms with Crippen LogP contribution in [0.25, 0.3) is 0 Å². The summed E-state index contributed by atoms with van der Waals surface area (Å²) in [5, 5.41) is 0. The molecule has 0 aliphatic carbocycles. The van der Waals surface area contributed by atoms with Gasteiger partial charge in [-0.05, 0) is 12.8 Å². The van der Waals surface area contributed by atoms with Crippen LogP contribution < -0.4 is 0 Å². The van der Waals surface area contributed by atoms with Crippen molar-refractivity contribution in [2.45, 2.75) is 27.7 Å². The van der Waals surface area contributed by atoms with Gasteiger partial charge < -0.3 is 4.79 Å². The lowest BCUT2D eigenvalue weighted by Crippen LogP contribution is -2.21. The van der Waals surface area contributed by atoms with Crippen LogP contribution >= 0.6 is 0 Å². The summed E-state index contributed by atoms with van der Waals surface area (Å²) in [5.74, 6) is 0.329. The topological polar surface area (TPSA) is 17.1 Å². The van der Waals surface area contributed by atoms with Crippen molar-refractivity contribution >= 4 is 6.29 Å². The Balaban J connectivity index is 4.16. The van der Waals surface area contributed by atoms with Crippen LogP contribution in [0, 0.1) is 11.3 Å². The Kier molecular flexibility index (Phi) is 3.34. The number of carbonyl (C=O) groups is 1. The van der Waals surface area contributed by atoms with E-state index < -0.39 is 0 Å². The number of carbonyl (C=O) groups excluding carboxylic acids is 1. The zero-order valence-electron chi connectivity index (χ0n) is 7.22. The molecule has 0 bridgehead atoms. The Bertz CT molecular complexity index is 134. The monoisotopic (exact) mass is 140 g/mol. The Morgan fingerprint density at radius 2 is 1.90 bits per heavy atom. The summed E-state index contributed by atoms with van der Waals surface area (Å²) in [6.07, 6.45) is 5.04. The molecule has 1 nitrogen and oxygen atoms in total. The Hall–Kier alpha value is -0.590. The largest absolute Gasteiger partial charge is 0.303 e. The summed E-state index contributed by atoms with van der Waals surface area (Å²) < 4.78 is 0. The van der Waals surface area contributed by atoms with Gasteiger partial charge in [0.25, 0.3) is 0 Å². The highest BCUT2D eigenvalue weighted by molar-refractivity contribution is 5.58. The molecule has 0 aromatic heterocycles. The summed E-state index contributed by atoms with van der Waals surface area (Å²) >= 11 is 0. The molecule has 0 saturated carbocycles. The molecular formula is C9H16O. The maximum atomic E-state index is 10.5. The molecule has 10 heavy (non-hydrogen) atoms. The van der Waals surface area contributed by atoms with Crippen LogP contribution in [0.2, 0.25) is 0 Å². The van der Waals surface area contributed by atoms with Crippen LogP contribution in [0.15, 0.2) is 12.2 Å². The van der Waals surface area contributed by atoms with E-state index in [0.29, 0.717) is 5.92 Å². The average molecular weight is 140 g/mol. The van der Waals surface area contributed by atoms with Crippen LogP contribution in [0.1, 0.15) is 27.7 Å². The predicted molar refractivity (Wildman–Crippen MR) is 43.8 cm³/mol. The van der Waals surface area contributed by atoms with E-state index in [9.17, 15) is 4.79 Å². The quantitative estimate of drug-likeness (QED) is 0.434. The minimum atomic E-state index is -0.216. The fraction of sp³-hybridized carbons (Fsp3) is 0.667. The highest BCUT2D eigenvalue weighted by atomic mass is 16.1. The van der Waals surface area contributed by atoms with Gasteiger partial charge in [-0.1, -0.05) is 32.9 Å². The molecule has 0 spiro atoms. The third-order valence-electron chi connectivity index (χ3n) is 1.96. The number of allylic oxidation sites excluding steroid dienone is 2. The van der Waals surface area contributed by atoms with E-state index in [2.05, 4.69) is 13.0 Å². The first-order chi connectivity index (χ1) is 4.54. The van der Waals surface area contributed by atoms with E-state index in [1.807, 2.05) is 26.8 Å². The van der Waals surface area contributed by atoms with Gasteiger partial charge in [-0.3, -0.25) is 0 Å². The molecule has 0 aromatic rings. The van der Waals surface area contributed by atoms with Crippen LogP contribution in [0.3, 0.4) is 0 Å². The number of hydrogen-bond donors (Lipinski definition) is 0. The first-order valence-electron chi connectivity index (χ1n) is 3.63. The first-order valence-corrected chi connectivity index (χ1v) is 3.63. The van der Waals surface area contributed by atoms with E-state index in [-0.39, 0.29) is 5.41 Å². The van der Waals surface area contributed by atoms with Crippen molar-refractivity contribution in [3.63, 3.8) is 0 Å². The van der Waals surface area contributed by atoms with Gasteiger partial charge in [0.2, 0.25) is 0 Å². The smallest absolute Gasteiger partial charge is 0.126 e. The van der Waals surface area contributed by atoms with E-state index in [4.69, 9.17) is 0 Å². The molecule has 0 aromatic carbocycles. The number of hydrogen-bond acceptors (Lipinski definition) is 1. The van der Waals surface area contributed by atoms with Crippen LogP contribution in [-0.2, 0) is 4.79 Å². The summed E-state index contributed by atoms with van der Waals surface area (Å²) in [7, 11) is 0. The summed E-state index contributed by atoms with van der Waals surface area (Å²) in [5.41, 5.74) is -0.216. The molecule has 0 rings (SSSR count). The van der Waals surface area contributed by atoms with E-state index in [0.717, 1.165) is 6.29 Å². The average Bonchev–Trinajstić information content (AvgIpc) is 1.89. The third kappa shape index (κ3) is 2.34. The highest BCUT2D eigenvalue weighted by Gasteiger charge is 2.22. The van der Waals surface area contributed by atoms with Crippen molar-refractivity contribution < 1.29 is 4.79 Å². The Labute approximate surface area is 63.1 Å². The standard InChI is InChI=1S/C9H16O/c1-5-6-8(2)9(3,4)7-10/h5-8H,1-4H3. The molecule has 0 radical (unpaired) electrons. The molecule has 0 saturated heterocycles. The molecule has 1 unspecified atom stereocenters. The molecule has 0 amide bonds. The molecule has 1 atom stereocenters. The SMILES string of the molecule is CC=CC(C)C(C)(C)C=O. The van der Waals surface area contributed by atoms with Gasteiger partial charge in [0, 0.05) is 5.41 Å². The number of rotatable bonds is 3. The maximum absolute atomic E-state index is 10.5. The second kappa shape index (κ2) is 3.55. The van der Waals surface area contributed by atoms with Gasteiger partial charge in [-0.25, -0.2) is 0 Å². The lowest BCUT2D eigenvalue weighted by Gasteiger charge is -2.22. The second-order valence-electron chi connectivity index (χ2n) is 3.25. The Morgan fingerprint density at radius 3 is 2.20 bits per heavy atom. The molecule has 1 heteroatoms. The molecule has 0 heterocycles. The molecule has 0 N–H and O–H groups in total. The van der Waals surface area contributed by atoms with E-state index in [1.165, 1.54) is 0 Å². The summed E-state index contributed by atoms with van der Waals surface area (Å²) in [6.45, 7) is 7.92. The highest BCUT2D eigenvalue weighted by Crippen LogP contribution is 2.24. The molecule has 0 fully saturated rings. The molecular weight excluding hydrogens is 124 g/mol. The minimum Gasteiger partial charge on any atom is -0.303 e. The van der Waals surface area contributed by atoms with Gasteiger partial charge in [0.15, 0.2) is 0 Å². The minimum absolute atomic E-state index is 0.216. The second-order valence-corrected chi connectivity index (χ2v) is 3.25. The van der Waals surface area contributed by atoms with Gasteiger partial charge in [-0.2, -0.15) is 0 Å². The van der Waals surface area contributed by atoms with Crippen LogP contribution in [-0.4, -0.2) is 6.29 Å². The van der Waals surface area contributed by atoms with Crippen molar-refractivity contribution in [3.05, 3.63) is 12.2 Å². The zero-order chi connectivity index (χ0) is 8.20. The Morgan fingerprint density at radius 1 is 1.40 bits per heavy atom. The predicted octanol–water partition coefficient (Wildman–Crippen LogP) is 2.42. The molecule has 58 valence electrons.